The fraction of sp³-hybridized carbons (Fsp3) is 0.455. The van der Waals surface area contributed by atoms with E-state index in [1.807, 2.05) is 0 Å². The average Bonchev–Trinajstić information content (AvgIpc) is 2.49. The molecule has 0 aromatic heterocycles. The number of halogens is 3. The van der Waals surface area contributed by atoms with Crippen LogP contribution in [-0.4, -0.2) is 28.7 Å². The molecule has 0 aliphatic rings. The molecule has 0 saturated carbocycles. The lowest BCUT2D eigenvalue weighted by molar-refractivity contribution is -0.387. The fourth-order valence-electron chi connectivity index (χ4n) is 1.48. The molecule has 0 unspecified atom stereocenters. The number of nitrogens with one attached hydrogen (secondary N) is 2. The maximum Gasteiger partial charge on any atom is 0.341 e. The first-order valence-corrected chi connectivity index (χ1v) is 10.1. The molecule has 0 amide bonds. The van der Waals surface area contributed by atoms with Crippen molar-refractivity contribution in [1.82, 2.24) is 10.2 Å². The molecular formula is C11H15Br2FN3O4P. The van der Waals surface area contributed by atoms with E-state index in [2.05, 4.69) is 42.0 Å². The van der Waals surface area contributed by atoms with E-state index in [4.69, 9.17) is 4.52 Å². The average molecular weight is 463 g/mol. The van der Waals surface area contributed by atoms with E-state index in [0.717, 1.165) is 12.1 Å². The standard InChI is InChI=1S/C11H15Br2FN3O4P/c12-3-5-15-22(20,16-6-4-13)21-8-9-1-2-11(17(18)19)10(14)7-9/h1-2,7H,3-6,8H2,(H2,15,16,20). The van der Waals surface area contributed by atoms with Gasteiger partial charge in [-0.1, -0.05) is 31.9 Å². The molecule has 0 saturated heterocycles. The predicted octanol–water partition coefficient (Wildman–Crippen LogP) is 3.33. The molecule has 2 N–H and O–H groups in total. The van der Waals surface area contributed by atoms with E-state index in [9.17, 15) is 19.1 Å². The minimum absolute atomic E-state index is 0.142. The summed E-state index contributed by atoms with van der Waals surface area (Å²) < 4.78 is 31.3. The molecule has 0 heterocycles. The van der Waals surface area contributed by atoms with E-state index >= 15 is 0 Å². The monoisotopic (exact) mass is 461 g/mol. The summed E-state index contributed by atoms with van der Waals surface area (Å²) in [5.41, 5.74) is -0.258. The molecule has 1 aromatic carbocycles. The van der Waals surface area contributed by atoms with Crippen molar-refractivity contribution in [2.45, 2.75) is 6.61 Å². The Morgan fingerprint density at radius 3 is 2.32 bits per heavy atom. The highest BCUT2D eigenvalue weighted by Crippen LogP contribution is 2.38. The minimum Gasteiger partial charge on any atom is -0.301 e. The summed E-state index contributed by atoms with van der Waals surface area (Å²) in [5, 5.41) is 17.2. The number of hydrogen-bond donors (Lipinski definition) is 2. The van der Waals surface area contributed by atoms with Crippen molar-refractivity contribution in [3.8, 4) is 0 Å². The fourth-order valence-corrected chi connectivity index (χ4v) is 3.93. The Kier molecular flexibility index (Phi) is 8.66. The molecular weight excluding hydrogens is 448 g/mol. The third-order valence-corrected chi connectivity index (χ3v) is 5.02. The highest BCUT2D eigenvalue weighted by atomic mass is 79.9. The summed E-state index contributed by atoms with van der Waals surface area (Å²) in [5.74, 6) is -0.956. The van der Waals surface area contributed by atoms with Gasteiger partial charge in [0.05, 0.1) is 11.5 Å². The minimum atomic E-state index is -3.28. The van der Waals surface area contributed by atoms with Crippen LogP contribution in [0, 0.1) is 15.9 Å². The van der Waals surface area contributed by atoms with Gasteiger partial charge < -0.3 is 4.52 Å². The van der Waals surface area contributed by atoms with Gasteiger partial charge in [0.2, 0.25) is 5.82 Å². The van der Waals surface area contributed by atoms with Crippen LogP contribution in [-0.2, 0) is 15.7 Å². The number of benzene rings is 1. The van der Waals surface area contributed by atoms with E-state index in [0.29, 0.717) is 29.3 Å². The second-order valence-electron chi connectivity index (χ2n) is 4.06. The van der Waals surface area contributed by atoms with Crippen LogP contribution in [0.25, 0.3) is 0 Å². The quantitative estimate of drug-likeness (QED) is 0.240. The maximum atomic E-state index is 13.5. The second kappa shape index (κ2) is 9.69. The van der Waals surface area contributed by atoms with Gasteiger partial charge in [0, 0.05) is 29.8 Å². The number of nitro groups is 1. The maximum absolute atomic E-state index is 13.5. The van der Waals surface area contributed by atoms with Crippen LogP contribution in [0.15, 0.2) is 18.2 Å². The summed E-state index contributed by atoms with van der Waals surface area (Å²) in [6.07, 6.45) is 0. The topological polar surface area (TPSA) is 93.5 Å². The Bertz CT molecular complexity index is 552. The summed E-state index contributed by atoms with van der Waals surface area (Å²) >= 11 is 6.42. The van der Waals surface area contributed by atoms with Gasteiger partial charge in [-0.2, -0.15) is 4.39 Å². The number of alkyl halides is 2. The first kappa shape index (κ1) is 19.7. The lowest BCUT2D eigenvalue weighted by atomic mass is 10.2. The summed E-state index contributed by atoms with van der Waals surface area (Å²) in [4.78, 5) is 9.74. The predicted molar refractivity (Wildman–Crippen MR) is 89.0 cm³/mol. The zero-order chi connectivity index (χ0) is 16.6. The SMILES string of the molecule is O=[N+]([O-])c1ccc(COP(=O)(NCCBr)NCCBr)cc1F. The second-order valence-corrected chi connectivity index (χ2v) is 7.64. The van der Waals surface area contributed by atoms with Crippen LogP contribution in [0.5, 0.6) is 0 Å². The third kappa shape index (κ3) is 6.39. The Morgan fingerprint density at radius 1 is 1.27 bits per heavy atom. The molecule has 11 heteroatoms. The van der Waals surface area contributed by atoms with Gasteiger partial charge >= 0.3 is 13.4 Å². The van der Waals surface area contributed by atoms with Gasteiger partial charge in [-0.25, -0.2) is 10.2 Å². The van der Waals surface area contributed by atoms with Crippen LogP contribution in [0.3, 0.4) is 0 Å². The van der Waals surface area contributed by atoms with Crippen molar-refractivity contribution in [3.05, 3.63) is 39.7 Å². The van der Waals surface area contributed by atoms with Crippen LogP contribution in [0.1, 0.15) is 5.56 Å². The molecule has 0 radical (unpaired) electrons. The Hall–Kier alpha value is -0.380. The number of nitro benzene ring substituents is 1. The first-order valence-electron chi connectivity index (χ1n) is 6.21. The Morgan fingerprint density at radius 2 is 1.86 bits per heavy atom. The van der Waals surface area contributed by atoms with Gasteiger partial charge in [0.25, 0.3) is 0 Å². The van der Waals surface area contributed by atoms with Gasteiger partial charge in [-0.15, -0.1) is 0 Å². The van der Waals surface area contributed by atoms with Crippen molar-refractivity contribution in [2.75, 3.05) is 23.7 Å². The number of hydrogen-bond acceptors (Lipinski definition) is 4. The molecule has 7 nitrogen and oxygen atoms in total. The molecule has 0 bridgehead atoms. The smallest absolute Gasteiger partial charge is 0.301 e. The molecule has 0 aliphatic heterocycles. The van der Waals surface area contributed by atoms with E-state index < -0.39 is 24.1 Å². The van der Waals surface area contributed by atoms with Crippen molar-refractivity contribution in [2.24, 2.45) is 0 Å². The lowest BCUT2D eigenvalue weighted by Gasteiger charge is -2.19. The van der Waals surface area contributed by atoms with E-state index in [1.54, 1.807) is 0 Å². The Labute approximate surface area is 144 Å². The van der Waals surface area contributed by atoms with Gasteiger partial charge in [0.15, 0.2) is 0 Å². The van der Waals surface area contributed by atoms with Crippen molar-refractivity contribution in [1.29, 1.82) is 0 Å². The van der Waals surface area contributed by atoms with Gasteiger partial charge in [-0.05, 0) is 17.7 Å². The van der Waals surface area contributed by atoms with Crippen LogP contribution < -0.4 is 10.2 Å². The number of nitrogens with zero attached hydrogens (tertiary/aromatic N) is 1. The zero-order valence-electron chi connectivity index (χ0n) is 11.4. The van der Waals surface area contributed by atoms with Crippen molar-refractivity contribution in [3.63, 3.8) is 0 Å². The van der Waals surface area contributed by atoms with Crippen LogP contribution in [0.2, 0.25) is 0 Å². The zero-order valence-corrected chi connectivity index (χ0v) is 15.5. The largest absolute Gasteiger partial charge is 0.341 e. The molecule has 0 atom stereocenters. The van der Waals surface area contributed by atoms with Crippen LogP contribution >= 0.6 is 39.5 Å². The highest BCUT2D eigenvalue weighted by Gasteiger charge is 2.22. The summed E-state index contributed by atoms with van der Waals surface area (Å²) in [6.45, 7) is 0.694. The normalized spacial score (nSPS) is 11.6. The van der Waals surface area contributed by atoms with Crippen LogP contribution in [0.4, 0.5) is 10.1 Å². The van der Waals surface area contributed by atoms with Crippen molar-refractivity contribution < 1.29 is 18.4 Å². The summed E-state index contributed by atoms with van der Waals surface area (Å²) in [6, 6.07) is 3.41. The van der Waals surface area contributed by atoms with E-state index in [1.165, 1.54) is 6.07 Å². The Balaban J connectivity index is 2.73. The molecule has 124 valence electrons. The van der Waals surface area contributed by atoms with Gasteiger partial charge in [0.1, 0.15) is 0 Å². The molecule has 1 aromatic rings. The highest BCUT2D eigenvalue weighted by molar-refractivity contribution is 9.09. The first-order chi connectivity index (χ1) is 10.4. The van der Waals surface area contributed by atoms with Crippen molar-refractivity contribution >= 4 is 45.2 Å². The van der Waals surface area contributed by atoms with E-state index in [-0.39, 0.29) is 6.61 Å². The number of rotatable bonds is 10. The molecule has 22 heavy (non-hydrogen) atoms. The third-order valence-electron chi connectivity index (χ3n) is 2.45. The molecule has 1 rings (SSSR count). The molecule has 0 spiro atoms. The molecule has 0 aliphatic carbocycles. The molecule has 0 fully saturated rings. The summed E-state index contributed by atoms with van der Waals surface area (Å²) in [7, 11) is -3.28. The van der Waals surface area contributed by atoms with Gasteiger partial charge in [-0.3, -0.25) is 14.7 Å². The lowest BCUT2D eigenvalue weighted by Crippen LogP contribution is -2.26.